The van der Waals surface area contributed by atoms with Gasteiger partial charge in [-0.2, -0.15) is 0 Å². The molecule has 0 spiro atoms. The third-order valence-electron chi connectivity index (χ3n) is 0.764. The number of aromatic amines is 1. The summed E-state index contributed by atoms with van der Waals surface area (Å²) in [7, 11) is 0. The van der Waals surface area contributed by atoms with Gasteiger partial charge in [-0.1, -0.05) is 11.3 Å². The molecule has 0 saturated heterocycles. The van der Waals surface area contributed by atoms with Gasteiger partial charge in [0.2, 0.25) is 5.88 Å². The second-order valence-electron chi connectivity index (χ2n) is 1.35. The van der Waals surface area contributed by atoms with Gasteiger partial charge in [-0.15, -0.1) is 0 Å². The number of carbonyl (C=O) groups excluding carboxylic acids is 1. The molecule has 0 bridgehead atoms. The average Bonchev–Trinajstić information content (AvgIpc) is 2.10. The van der Waals surface area contributed by atoms with Crippen LogP contribution in [0.3, 0.4) is 0 Å². The SMILES string of the molecule is O=Cc1sc(=O)[nH]c1O. The van der Waals surface area contributed by atoms with Crippen LogP contribution in [0.15, 0.2) is 4.79 Å². The molecular weight excluding hydrogens is 142 g/mol. The van der Waals surface area contributed by atoms with E-state index in [-0.39, 0.29) is 10.8 Å². The van der Waals surface area contributed by atoms with Crippen LogP contribution in [-0.4, -0.2) is 16.4 Å². The molecule has 48 valence electrons. The molecule has 1 rings (SSSR count). The van der Waals surface area contributed by atoms with E-state index in [1.807, 2.05) is 4.98 Å². The summed E-state index contributed by atoms with van der Waals surface area (Å²) in [6.07, 6.45) is 0.428. The van der Waals surface area contributed by atoms with Crippen LogP contribution in [0, 0.1) is 0 Å². The smallest absolute Gasteiger partial charge is 0.308 e. The van der Waals surface area contributed by atoms with Gasteiger partial charge < -0.3 is 5.11 Å². The van der Waals surface area contributed by atoms with Crippen LogP contribution < -0.4 is 4.87 Å². The lowest BCUT2D eigenvalue weighted by Crippen LogP contribution is -1.89. The minimum atomic E-state index is -0.422. The topological polar surface area (TPSA) is 70.2 Å². The summed E-state index contributed by atoms with van der Waals surface area (Å²) >= 11 is 0.685. The molecule has 0 aromatic carbocycles. The van der Waals surface area contributed by atoms with Crippen LogP contribution in [0.25, 0.3) is 0 Å². The van der Waals surface area contributed by atoms with Crippen molar-refractivity contribution in [2.45, 2.75) is 0 Å². The summed E-state index contributed by atoms with van der Waals surface area (Å²) in [5.41, 5.74) is 0. The summed E-state index contributed by atoms with van der Waals surface area (Å²) in [4.78, 5) is 21.9. The van der Waals surface area contributed by atoms with Crippen molar-refractivity contribution in [1.29, 1.82) is 0 Å². The van der Waals surface area contributed by atoms with Gasteiger partial charge in [-0.3, -0.25) is 14.6 Å². The molecule has 0 atom stereocenters. The lowest BCUT2D eigenvalue weighted by molar-refractivity contribution is 0.112. The van der Waals surface area contributed by atoms with E-state index in [4.69, 9.17) is 5.11 Å². The molecule has 0 fully saturated rings. The van der Waals surface area contributed by atoms with Crippen molar-refractivity contribution in [2.75, 3.05) is 0 Å². The summed E-state index contributed by atoms with van der Waals surface area (Å²) < 4.78 is 0. The van der Waals surface area contributed by atoms with E-state index in [0.29, 0.717) is 17.6 Å². The Morgan fingerprint density at radius 2 is 2.33 bits per heavy atom. The van der Waals surface area contributed by atoms with Crippen LogP contribution in [0.1, 0.15) is 9.67 Å². The Bertz CT molecular complexity index is 274. The number of aromatic nitrogens is 1. The molecular formula is C4H3NO3S. The van der Waals surface area contributed by atoms with Crippen molar-refractivity contribution in [2.24, 2.45) is 0 Å². The van der Waals surface area contributed by atoms with Gasteiger partial charge in [-0.05, 0) is 0 Å². The Hall–Kier alpha value is -1.10. The van der Waals surface area contributed by atoms with Crippen LogP contribution in [-0.2, 0) is 0 Å². The molecule has 2 N–H and O–H groups in total. The zero-order chi connectivity index (χ0) is 6.85. The van der Waals surface area contributed by atoms with E-state index in [1.54, 1.807) is 0 Å². The van der Waals surface area contributed by atoms with E-state index in [2.05, 4.69) is 0 Å². The van der Waals surface area contributed by atoms with Gasteiger partial charge in [0.05, 0.1) is 0 Å². The van der Waals surface area contributed by atoms with Gasteiger partial charge in [-0.25, -0.2) is 0 Å². The number of thiazole rings is 1. The highest BCUT2D eigenvalue weighted by molar-refractivity contribution is 7.11. The average molecular weight is 145 g/mol. The van der Waals surface area contributed by atoms with E-state index >= 15 is 0 Å². The molecule has 1 aromatic heterocycles. The Kier molecular flexibility index (Phi) is 1.35. The maximum atomic E-state index is 10.3. The number of rotatable bonds is 1. The fraction of sp³-hybridized carbons (Fsp3) is 0. The van der Waals surface area contributed by atoms with E-state index in [1.165, 1.54) is 0 Å². The lowest BCUT2D eigenvalue weighted by atomic mass is 10.6. The van der Waals surface area contributed by atoms with E-state index in [0.717, 1.165) is 0 Å². The largest absolute Gasteiger partial charge is 0.493 e. The first-order valence-corrected chi connectivity index (χ1v) is 2.93. The number of hydrogen-bond acceptors (Lipinski definition) is 4. The molecule has 4 nitrogen and oxygen atoms in total. The Balaban J connectivity index is 3.31. The molecule has 0 aliphatic carbocycles. The predicted molar refractivity (Wildman–Crippen MR) is 32.0 cm³/mol. The quantitative estimate of drug-likeness (QED) is 0.544. The molecule has 0 unspecified atom stereocenters. The second kappa shape index (κ2) is 2.02. The number of aromatic hydroxyl groups is 1. The third kappa shape index (κ3) is 0.996. The third-order valence-corrected chi connectivity index (χ3v) is 1.56. The fourth-order valence-corrected chi connectivity index (χ4v) is 0.955. The van der Waals surface area contributed by atoms with Crippen molar-refractivity contribution >= 4 is 17.6 Å². The standard InChI is InChI=1S/C4H3NO3S/c6-1-2-3(7)5-4(8)9-2/h1,7H,(H,5,8). The van der Waals surface area contributed by atoms with Gasteiger partial charge in [0.1, 0.15) is 4.88 Å². The molecule has 9 heavy (non-hydrogen) atoms. The van der Waals surface area contributed by atoms with E-state index in [9.17, 15) is 9.59 Å². The predicted octanol–water partition coefficient (Wildman–Crippen LogP) is -0.0455. The molecule has 0 amide bonds. The number of hydrogen-bond donors (Lipinski definition) is 2. The van der Waals surface area contributed by atoms with Crippen LogP contribution in [0.2, 0.25) is 0 Å². The normalized spacial score (nSPS) is 9.33. The number of H-pyrrole nitrogens is 1. The Morgan fingerprint density at radius 1 is 1.67 bits per heavy atom. The number of carbonyl (C=O) groups is 1. The summed E-state index contributed by atoms with van der Waals surface area (Å²) in [6, 6.07) is 0. The zero-order valence-electron chi connectivity index (χ0n) is 4.25. The van der Waals surface area contributed by atoms with Gasteiger partial charge in [0.25, 0.3) is 0 Å². The minimum absolute atomic E-state index is 0.0417. The summed E-state index contributed by atoms with van der Waals surface area (Å²) in [5, 5.41) is 8.65. The first-order valence-electron chi connectivity index (χ1n) is 2.11. The lowest BCUT2D eigenvalue weighted by Gasteiger charge is -1.77. The molecule has 5 heteroatoms. The molecule has 0 aliphatic heterocycles. The first kappa shape index (κ1) is 6.03. The summed E-state index contributed by atoms with van der Waals surface area (Å²) in [6.45, 7) is 0. The second-order valence-corrected chi connectivity index (χ2v) is 2.36. The fourth-order valence-electron chi connectivity index (χ4n) is 0.412. The van der Waals surface area contributed by atoms with Crippen LogP contribution in [0.4, 0.5) is 0 Å². The monoisotopic (exact) mass is 145 g/mol. The number of nitrogens with one attached hydrogen (secondary N) is 1. The van der Waals surface area contributed by atoms with Crippen LogP contribution >= 0.6 is 11.3 Å². The molecule has 1 heterocycles. The Labute approximate surface area is 53.8 Å². The molecule has 1 aromatic rings. The molecule has 0 aliphatic rings. The zero-order valence-corrected chi connectivity index (χ0v) is 5.07. The van der Waals surface area contributed by atoms with Crippen molar-refractivity contribution in [3.8, 4) is 5.88 Å². The van der Waals surface area contributed by atoms with Crippen molar-refractivity contribution in [1.82, 2.24) is 4.98 Å². The van der Waals surface area contributed by atoms with E-state index < -0.39 is 4.87 Å². The highest BCUT2D eigenvalue weighted by Gasteiger charge is 2.02. The first-order chi connectivity index (χ1) is 4.24. The minimum Gasteiger partial charge on any atom is -0.493 e. The highest BCUT2D eigenvalue weighted by atomic mass is 32.1. The number of aldehydes is 1. The van der Waals surface area contributed by atoms with Crippen LogP contribution in [0.5, 0.6) is 5.88 Å². The maximum absolute atomic E-state index is 10.3. The van der Waals surface area contributed by atoms with Crippen molar-refractivity contribution < 1.29 is 9.90 Å². The highest BCUT2D eigenvalue weighted by Crippen LogP contribution is 2.11. The Morgan fingerprint density at radius 3 is 2.56 bits per heavy atom. The molecule has 0 saturated carbocycles. The summed E-state index contributed by atoms with van der Waals surface area (Å²) in [5.74, 6) is -0.347. The van der Waals surface area contributed by atoms with Gasteiger partial charge in [0, 0.05) is 0 Å². The molecule has 0 radical (unpaired) electrons. The van der Waals surface area contributed by atoms with Gasteiger partial charge >= 0.3 is 4.87 Å². The van der Waals surface area contributed by atoms with Crippen molar-refractivity contribution in [3.63, 3.8) is 0 Å². The maximum Gasteiger partial charge on any atom is 0.308 e. The van der Waals surface area contributed by atoms with Gasteiger partial charge in [0.15, 0.2) is 6.29 Å². The van der Waals surface area contributed by atoms with Crippen molar-refractivity contribution in [3.05, 3.63) is 14.5 Å².